The smallest absolute Gasteiger partial charge is 0.251 e. The predicted molar refractivity (Wildman–Crippen MR) is 58.0 cm³/mol. The highest BCUT2D eigenvalue weighted by Gasteiger charge is 2.04. The SMILES string of the molecule is COc1ccccc1NC(=O)C=C(C)O. The van der Waals surface area contributed by atoms with Gasteiger partial charge >= 0.3 is 0 Å². The minimum absolute atomic E-state index is 0.0394. The van der Waals surface area contributed by atoms with E-state index in [0.29, 0.717) is 11.4 Å². The molecule has 15 heavy (non-hydrogen) atoms. The van der Waals surface area contributed by atoms with Crippen LogP contribution < -0.4 is 10.1 Å². The molecule has 2 N–H and O–H groups in total. The van der Waals surface area contributed by atoms with Crippen LogP contribution in [-0.2, 0) is 4.79 Å². The second-order valence-corrected chi connectivity index (χ2v) is 2.98. The first-order valence-corrected chi connectivity index (χ1v) is 4.44. The van der Waals surface area contributed by atoms with Gasteiger partial charge < -0.3 is 15.2 Å². The Morgan fingerprint density at radius 2 is 2.13 bits per heavy atom. The fourth-order valence-corrected chi connectivity index (χ4v) is 1.11. The summed E-state index contributed by atoms with van der Waals surface area (Å²) in [5, 5.41) is 11.5. The van der Waals surface area contributed by atoms with E-state index in [1.807, 2.05) is 6.07 Å². The minimum atomic E-state index is -0.389. The van der Waals surface area contributed by atoms with Crippen LogP contribution >= 0.6 is 0 Å². The monoisotopic (exact) mass is 207 g/mol. The third-order valence-electron chi connectivity index (χ3n) is 1.70. The Labute approximate surface area is 88.2 Å². The van der Waals surface area contributed by atoms with Gasteiger partial charge in [0.15, 0.2) is 0 Å². The molecule has 0 saturated carbocycles. The number of anilines is 1. The van der Waals surface area contributed by atoms with E-state index in [0.717, 1.165) is 6.08 Å². The van der Waals surface area contributed by atoms with Crippen LogP contribution in [0.3, 0.4) is 0 Å². The molecule has 1 aromatic carbocycles. The standard InChI is InChI=1S/C11H13NO3/c1-8(13)7-11(14)12-9-5-3-4-6-10(9)15-2/h3-7,13H,1-2H3,(H,12,14). The summed E-state index contributed by atoms with van der Waals surface area (Å²) in [5.41, 5.74) is 0.572. The molecule has 4 nitrogen and oxygen atoms in total. The van der Waals surface area contributed by atoms with Crippen molar-refractivity contribution >= 4 is 11.6 Å². The van der Waals surface area contributed by atoms with Crippen LogP contribution in [0.2, 0.25) is 0 Å². The van der Waals surface area contributed by atoms with Crippen molar-refractivity contribution in [3.8, 4) is 5.75 Å². The Hall–Kier alpha value is -1.97. The Morgan fingerprint density at radius 1 is 1.47 bits per heavy atom. The van der Waals surface area contributed by atoms with Crippen LogP contribution in [0.4, 0.5) is 5.69 Å². The summed E-state index contributed by atoms with van der Waals surface area (Å²) in [5.74, 6) is 0.150. The number of para-hydroxylation sites is 2. The molecule has 80 valence electrons. The fraction of sp³-hybridized carbons (Fsp3) is 0.182. The highest BCUT2D eigenvalue weighted by Crippen LogP contribution is 2.22. The lowest BCUT2D eigenvalue weighted by Gasteiger charge is -2.07. The molecule has 0 radical (unpaired) electrons. The maximum Gasteiger partial charge on any atom is 0.251 e. The number of ether oxygens (including phenoxy) is 1. The van der Waals surface area contributed by atoms with Gasteiger partial charge in [0.1, 0.15) is 5.75 Å². The highest BCUT2D eigenvalue weighted by atomic mass is 16.5. The summed E-state index contributed by atoms with van der Waals surface area (Å²) in [6.45, 7) is 1.43. The van der Waals surface area contributed by atoms with Crippen molar-refractivity contribution in [1.82, 2.24) is 0 Å². The highest BCUT2D eigenvalue weighted by molar-refractivity contribution is 6.00. The zero-order valence-electron chi connectivity index (χ0n) is 8.65. The van der Waals surface area contributed by atoms with E-state index in [9.17, 15) is 4.79 Å². The van der Waals surface area contributed by atoms with Crippen molar-refractivity contribution in [3.05, 3.63) is 36.1 Å². The van der Waals surface area contributed by atoms with E-state index in [1.54, 1.807) is 18.2 Å². The molecule has 1 amide bonds. The first kappa shape index (κ1) is 11.1. The van der Waals surface area contributed by atoms with Gasteiger partial charge in [-0.2, -0.15) is 0 Å². The molecule has 0 saturated heterocycles. The molecule has 0 aliphatic carbocycles. The summed E-state index contributed by atoms with van der Waals surface area (Å²) < 4.78 is 5.05. The number of rotatable bonds is 3. The first-order valence-electron chi connectivity index (χ1n) is 4.44. The molecule has 0 spiro atoms. The number of allylic oxidation sites excluding steroid dienone is 1. The number of amides is 1. The van der Waals surface area contributed by atoms with Crippen LogP contribution in [0.15, 0.2) is 36.1 Å². The fourth-order valence-electron chi connectivity index (χ4n) is 1.11. The number of aliphatic hydroxyl groups is 1. The molecule has 0 bridgehead atoms. The summed E-state index contributed by atoms with van der Waals surface area (Å²) in [6, 6.07) is 7.05. The number of benzene rings is 1. The Kier molecular flexibility index (Phi) is 3.74. The molecule has 0 aliphatic heterocycles. The van der Waals surface area contributed by atoms with Gasteiger partial charge in [-0.1, -0.05) is 12.1 Å². The molecule has 0 atom stereocenters. The van der Waals surface area contributed by atoms with Crippen molar-refractivity contribution in [2.24, 2.45) is 0 Å². The van der Waals surface area contributed by atoms with Crippen molar-refractivity contribution in [3.63, 3.8) is 0 Å². The van der Waals surface area contributed by atoms with Gasteiger partial charge in [-0.15, -0.1) is 0 Å². The first-order chi connectivity index (χ1) is 7.13. The molecule has 0 aliphatic rings. The van der Waals surface area contributed by atoms with Crippen LogP contribution in [-0.4, -0.2) is 18.1 Å². The van der Waals surface area contributed by atoms with Crippen molar-refractivity contribution < 1.29 is 14.6 Å². The van der Waals surface area contributed by atoms with Gasteiger partial charge in [-0.25, -0.2) is 0 Å². The topological polar surface area (TPSA) is 58.6 Å². The molecule has 1 rings (SSSR count). The lowest BCUT2D eigenvalue weighted by Crippen LogP contribution is -2.09. The molecule has 1 aromatic rings. The van der Waals surface area contributed by atoms with E-state index >= 15 is 0 Å². The Balaban J connectivity index is 2.80. The number of aliphatic hydroxyl groups excluding tert-OH is 1. The van der Waals surface area contributed by atoms with Crippen LogP contribution in [0.25, 0.3) is 0 Å². The minimum Gasteiger partial charge on any atom is -0.512 e. The van der Waals surface area contributed by atoms with E-state index in [-0.39, 0.29) is 11.7 Å². The second-order valence-electron chi connectivity index (χ2n) is 2.98. The largest absolute Gasteiger partial charge is 0.512 e. The molecule has 0 unspecified atom stereocenters. The zero-order chi connectivity index (χ0) is 11.3. The molecule has 0 fully saturated rings. The van der Waals surface area contributed by atoms with Crippen LogP contribution in [0.5, 0.6) is 5.75 Å². The van der Waals surface area contributed by atoms with Crippen molar-refractivity contribution in [2.75, 3.05) is 12.4 Å². The summed E-state index contributed by atoms with van der Waals surface area (Å²) in [7, 11) is 1.53. The average Bonchev–Trinajstić information content (AvgIpc) is 2.17. The van der Waals surface area contributed by atoms with Crippen molar-refractivity contribution in [2.45, 2.75) is 6.92 Å². The zero-order valence-corrected chi connectivity index (χ0v) is 8.65. The third-order valence-corrected chi connectivity index (χ3v) is 1.70. The van der Waals surface area contributed by atoms with E-state index < -0.39 is 0 Å². The lowest BCUT2D eigenvalue weighted by atomic mass is 10.3. The van der Waals surface area contributed by atoms with Gasteiger partial charge in [-0.05, 0) is 19.1 Å². The molecule has 0 aromatic heterocycles. The van der Waals surface area contributed by atoms with E-state index in [2.05, 4.69) is 5.32 Å². The number of carbonyl (C=O) groups excluding carboxylic acids is 1. The third kappa shape index (κ3) is 3.34. The predicted octanol–water partition coefficient (Wildman–Crippen LogP) is 2.10. The van der Waals surface area contributed by atoms with E-state index in [1.165, 1.54) is 14.0 Å². The van der Waals surface area contributed by atoms with Crippen LogP contribution in [0, 0.1) is 0 Å². The Bertz CT molecular complexity index is 381. The number of methoxy groups -OCH3 is 1. The van der Waals surface area contributed by atoms with E-state index in [4.69, 9.17) is 9.84 Å². The second kappa shape index (κ2) is 5.05. The summed E-state index contributed by atoms with van der Waals surface area (Å²) >= 11 is 0. The Morgan fingerprint density at radius 3 is 2.73 bits per heavy atom. The van der Waals surface area contributed by atoms with Gasteiger partial charge in [0.25, 0.3) is 5.91 Å². The van der Waals surface area contributed by atoms with Gasteiger partial charge in [0.2, 0.25) is 0 Å². The number of carbonyl (C=O) groups is 1. The lowest BCUT2D eigenvalue weighted by molar-refractivity contribution is -0.112. The maximum atomic E-state index is 11.3. The normalized spacial score (nSPS) is 10.9. The molecule has 4 heteroatoms. The summed E-state index contributed by atoms with van der Waals surface area (Å²) in [4.78, 5) is 11.3. The average molecular weight is 207 g/mol. The maximum absolute atomic E-state index is 11.3. The summed E-state index contributed by atoms with van der Waals surface area (Å²) in [6.07, 6.45) is 1.10. The van der Waals surface area contributed by atoms with Crippen molar-refractivity contribution in [1.29, 1.82) is 0 Å². The quantitative estimate of drug-likeness (QED) is 0.589. The number of hydrogen-bond acceptors (Lipinski definition) is 3. The van der Waals surface area contributed by atoms with Gasteiger partial charge in [0, 0.05) is 6.08 Å². The molecule has 0 heterocycles. The number of nitrogens with one attached hydrogen (secondary N) is 1. The van der Waals surface area contributed by atoms with Gasteiger partial charge in [-0.3, -0.25) is 4.79 Å². The van der Waals surface area contributed by atoms with Gasteiger partial charge in [0.05, 0.1) is 18.6 Å². The number of hydrogen-bond donors (Lipinski definition) is 2. The molecular weight excluding hydrogens is 194 g/mol. The molecular formula is C11H13NO3. The van der Waals surface area contributed by atoms with Crippen LogP contribution in [0.1, 0.15) is 6.92 Å².